The molecule has 3 N–H and O–H groups in total. The smallest absolute Gasteiger partial charge is 0.442 e. The normalized spacial score (nSPS) is 19.2. The number of benzene rings is 1. The van der Waals surface area contributed by atoms with Crippen molar-refractivity contribution in [1.29, 1.82) is 0 Å². The van der Waals surface area contributed by atoms with Crippen molar-refractivity contribution in [2.75, 3.05) is 55.7 Å². The SMILES string of the molecule is CC(=O)NCC1CN(c2ccc(N3CCN(C(=O)COP(=O)(O)O)CC3)c(F)c2)C(=O)O1. The zero-order valence-corrected chi connectivity index (χ0v) is 18.2. The maximum Gasteiger partial charge on any atom is 0.470 e. The van der Waals surface area contributed by atoms with Crippen LogP contribution in [0.5, 0.6) is 0 Å². The Balaban J connectivity index is 1.57. The number of phosphoric acid groups is 1. The van der Waals surface area contributed by atoms with Crippen LogP contribution in [-0.2, 0) is 23.4 Å². The molecule has 2 heterocycles. The van der Waals surface area contributed by atoms with Crippen LogP contribution in [0.3, 0.4) is 0 Å². The Hall–Kier alpha value is -2.73. The number of hydrogen-bond acceptors (Lipinski definition) is 7. The lowest BCUT2D eigenvalue weighted by Crippen LogP contribution is -2.50. The van der Waals surface area contributed by atoms with Gasteiger partial charge in [0, 0.05) is 33.1 Å². The van der Waals surface area contributed by atoms with Crippen LogP contribution in [0.4, 0.5) is 20.6 Å². The third-order valence-electron chi connectivity index (χ3n) is 5.02. The maximum absolute atomic E-state index is 14.8. The number of ether oxygens (including phenoxy) is 1. The fourth-order valence-corrected chi connectivity index (χ4v) is 3.72. The second kappa shape index (κ2) is 9.82. The Morgan fingerprint density at radius 1 is 1.28 bits per heavy atom. The van der Waals surface area contributed by atoms with Crippen LogP contribution in [0.1, 0.15) is 6.92 Å². The molecule has 0 bridgehead atoms. The highest BCUT2D eigenvalue weighted by Gasteiger charge is 2.33. The van der Waals surface area contributed by atoms with Gasteiger partial charge in [0.15, 0.2) is 0 Å². The number of rotatable bonds is 7. The molecule has 0 saturated carbocycles. The molecule has 0 aliphatic carbocycles. The Morgan fingerprint density at radius 2 is 1.97 bits per heavy atom. The van der Waals surface area contributed by atoms with Gasteiger partial charge in [0.25, 0.3) is 0 Å². The number of phosphoric ester groups is 1. The molecule has 3 amide bonds. The Bertz CT molecular complexity index is 934. The number of nitrogens with zero attached hydrogens (tertiary/aromatic N) is 3. The van der Waals surface area contributed by atoms with Crippen LogP contribution in [0.2, 0.25) is 0 Å². The monoisotopic (exact) mass is 474 g/mol. The van der Waals surface area contributed by atoms with Gasteiger partial charge in [0.2, 0.25) is 11.8 Å². The van der Waals surface area contributed by atoms with Crippen molar-refractivity contribution in [3.63, 3.8) is 0 Å². The molecule has 1 aromatic carbocycles. The van der Waals surface area contributed by atoms with Crippen LogP contribution in [0.25, 0.3) is 0 Å². The number of carbonyl (C=O) groups excluding carboxylic acids is 3. The molecule has 2 saturated heterocycles. The van der Waals surface area contributed by atoms with E-state index < -0.39 is 38.4 Å². The number of anilines is 2. The maximum atomic E-state index is 14.8. The zero-order valence-electron chi connectivity index (χ0n) is 17.3. The van der Waals surface area contributed by atoms with E-state index in [1.54, 1.807) is 11.0 Å². The van der Waals surface area contributed by atoms with Crippen molar-refractivity contribution in [3.8, 4) is 0 Å². The highest BCUT2D eigenvalue weighted by atomic mass is 31.2. The van der Waals surface area contributed by atoms with Gasteiger partial charge in [0.05, 0.1) is 24.5 Å². The molecule has 0 spiro atoms. The summed E-state index contributed by atoms with van der Waals surface area (Å²) in [6, 6.07) is 4.35. The Morgan fingerprint density at radius 3 is 2.56 bits per heavy atom. The second-order valence-electron chi connectivity index (χ2n) is 7.32. The van der Waals surface area contributed by atoms with Gasteiger partial charge in [-0.2, -0.15) is 0 Å². The predicted molar refractivity (Wildman–Crippen MR) is 109 cm³/mol. The molecule has 2 fully saturated rings. The van der Waals surface area contributed by atoms with Crippen molar-refractivity contribution in [2.24, 2.45) is 0 Å². The minimum absolute atomic E-state index is 0.167. The van der Waals surface area contributed by atoms with Crippen molar-refractivity contribution >= 4 is 37.1 Å². The number of piperazine rings is 1. The summed E-state index contributed by atoms with van der Waals surface area (Å²) in [4.78, 5) is 56.9. The minimum atomic E-state index is -4.73. The largest absolute Gasteiger partial charge is 0.470 e. The number of halogens is 1. The molecule has 1 aromatic rings. The van der Waals surface area contributed by atoms with Crippen molar-refractivity contribution < 1.29 is 42.4 Å². The molecule has 3 rings (SSSR count). The minimum Gasteiger partial charge on any atom is -0.442 e. The van der Waals surface area contributed by atoms with Gasteiger partial charge in [-0.1, -0.05) is 0 Å². The van der Waals surface area contributed by atoms with Crippen LogP contribution >= 0.6 is 7.82 Å². The molecule has 14 heteroatoms. The average molecular weight is 474 g/mol. The lowest BCUT2D eigenvalue weighted by atomic mass is 10.2. The second-order valence-corrected chi connectivity index (χ2v) is 8.56. The van der Waals surface area contributed by atoms with E-state index in [9.17, 15) is 23.3 Å². The van der Waals surface area contributed by atoms with Gasteiger partial charge in [0.1, 0.15) is 18.5 Å². The Kier molecular flexibility index (Phi) is 7.34. The standard InChI is InChI=1S/C18H24FN4O8P/c1-12(24)20-9-14-10-23(18(26)31-14)13-2-3-16(15(19)8-13)21-4-6-22(7-5-21)17(25)11-30-32(27,28)29/h2-3,8,14H,4-7,9-11H2,1H3,(H,20,24)(H2,27,28,29). The van der Waals surface area contributed by atoms with E-state index in [1.807, 2.05) is 0 Å². The highest BCUT2D eigenvalue weighted by Crippen LogP contribution is 2.35. The number of cyclic esters (lactones) is 1. The number of amides is 3. The van der Waals surface area contributed by atoms with Crippen LogP contribution in [-0.4, -0.2) is 84.6 Å². The summed E-state index contributed by atoms with van der Waals surface area (Å²) in [5.74, 6) is -1.36. The molecule has 1 unspecified atom stereocenters. The summed E-state index contributed by atoms with van der Waals surface area (Å²) in [5.41, 5.74) is 0.625. The lowest BCUT2D eigenvalue weighted by Gasteiger charge is -2.36. The molecule has 0 aromatic heterocycles. The highest BCUT2D eigenvalue weighted by molar-refractivity contribution is 7.46. The van der Waals surface area contributed by atoms with E-state index in [2.05, 4.69) is 9.84 Å². The van der Waals surface area contributed by atoms with Gasteiger partial charge in [-0.05, 0) is 18.2 Å². The summed E-state index contributed by atoms with van der Waals surface area (Å²) in [6.07, 6.45) is -1.16. The van der Waals surface area contributed by atoms with Crippen LogP contribution in [0, 0.1) is 5.82 Å². The van der Waals surface area contributed by atoms with Crippen molar-refractivity contribution in [2.45, 2.75) is 13.0 Å². The van der Waals surface area contributed by atoms with Crippen molar-refractivity contribution in [3.05, 3.63) is 24.0 Å². The molecule has 1 atom stereocenters. The van der Waals surface area contributed by atoms with E-state index in [1.165, 1.54) is 28.9 Å². The van der Waals surface area contributed by atoms with Crippen LogP contribution < -0.4 is 15.1 Å². The summed E-state index contributed by atoms with van der Waals surface area (Å²) in [7, 11) is -4.73. The summed E-state index contributed by atoms with van der Waals surface area (Å²) in [5, 5.41) is 2.57. The first-order valence-electron chi connectivity index (χ1n) is 9.78. The van der Waals surface area contributed by atoms with E-state index in [0.717, 1.165) is 0 Å². The molecule has 2 aliphatic rings. The molecule has 0 radical (unpaired) electrons. The van der Waals surface area contributed by atoms with E-state index in [-0.39, 0.29) is 32.1 Å². The molecular weight excluding hydrogens is 450 g/mol. The fourth-order valence-electron chi connectivity index (χ4n) is 3.44. The summed E-state index contributed by atoms with van der Waals surface area (Å²) < 4.78 is 34.9. The van der Waals surface area contributed by atoms with Gasteiger partial charge < -0.3 is 29.6 Å². The topological polar surface area (TPSA) is 149 Å². The zero-order chi connectivity index (χ0) is 23.5. The summed E-state index contributed by atoms with van der Waals surface area (Å²) in [6.45, 7) is 2.04. The molecule has 32 heavy (non-hydrogen) atoms. The first-order valence-corrected chi connectivity index (χ1v) is 11.3. The number of hydrogen-bond donors (Lipinski definition) is 3. The van der Waals surface area contributed by atoms with Crippen LogP contribution in [0.15, 0.2) is 18.2 Å². The van der Waals surface area contributed by atoms with Gasteiger partial charge in [-0.25, -0.2) is 13.8 Å². The van der Waals surface area contributed by atoms with E-state index in [4.69, 9.17) is 14.5 Å². The van der Waals surface area contributed by atoms with Gasteiger partial charge in [-0.15, -0.1) is 0 Å². The summed E-state index contributed by atoms with van der Waals surface area (Å²) >= 11 is 0. The lowest BCUT2D eigenvalue weighted by molar-refractivity contribution is -0.134. The third-order valence-corrected chi connectivity index (χ3v) is 5.49. The van der Waals surface area contributed by atoms with E-state index >= 15 is 0 Å². The molecule has 2 aliphatic heterocycles. The first-order chi connectivity index (χ1) is 15.0. The fraction of sp³-hybridized carbons (Fsp3) is 0.500. The average Bonchev–Trinajstić information content (AvgIpc) is 3.10. The van der Waals surface area contributed by atoms with Gasteiger partial charge in [-0.3, -0.25) is 19.0 Å². The quantitative estimate of drug-likeness (QED) is 0.466. The molecule has 176 valence electrons. The first kappa shape index (κ1) is 23.9. The molecule has 12 nitrogen and oxygen atoms in total. The van der Waals surface area contributed by atoms with Gasteiger partial charge >= 0.3 is 13.9 Å². The number of nitrogens with one attached hydrogen (secondary N) is 1. The molecular formula is C18H24FN4O8P. The number of carbonyl (C=O) groups is 3. The van der Waals surface area contributed by atoms with Crippen molar-refractivity contribution in [1.82, 2.24) is 10.2 Å². The Labute approximate surface area is 183 Å². The third kappa shape index (κ3) is 6.16. The van der Waals surface area contributed by atoms with E-state index in [0.29, 0.717) is 24.5 Å². The predicted octanol–water partition coefficient (Wildman–Crippen LogP) is 0.0449.